The van der Waals surface area contributed by atoms with E-state index in [2.05, 4.69) is 49.4 Å². The number of piperazine rings is 2. The molecule has 8 rings (SSSR count). The van der Waals surface area contributed by atoms with Gasteiger partial charge in [-0.3, -0.25) is 28.9 Å². The molecule has 3 aromatic carbocycles. The first kappa shape index (κ1) is 44.6. The molecule has 3 fully saturated rings. The lowest BCUT2D eigenvalue weighted by Crippen LogP contribution is -2.55. The number of alkyl halides is 1. The molecule has 5 heterocycles. The zero-order valence-electron chi connectivity index (χ0n) is 36.0. The van der Waals surface area contributed by atoms with Crippen molar-refractivity contribution < 1.29 is 23.6 Å². The van der Waals surface area contributed by atoms with E-state index in [0.717, 1.165) is 63.1 Å². The molecule has 2 N–H and O–H groups in total. The number of hydrogen-bond acceptors (Lipinski definition) is 9. The van der Waals surface area contributed by atoms with Gasteiger partial charge in [-0.2, -0.15) is 5.10 Å². The molecule has 64 heavy (non-hydrogen) atoms. The maximum Gasteiger partial charge on any atom is 0.274 e. The molecule has 5 aromatic rings. The fraction of sp³-hybridized carbons (Fsp3) is 0.396. The lowest BCUT2D eigenvalue weighted by molar-refractivity contribution is -0.134. The Morgan fingerprint density at radius 3 is 2.20 bits per heavy atom. The van der Waals surface area contributed by atoms with Gasteiger partial charge in [0.25, 0.3) is 17.4 Å². The lowest BCUT2D eigenvalue weighted by Gasteiger charge is -2.40. The van der Waals surface area contributed by atoms with E-state index >= 15 is 4.39 Å². The predicted molar refractivity (Wildman–Crippen MR) is 244 cm³/mol. The third-order valence-electron chi connectivity index (χ3n) is 12.7. The quantitative estimate of drug-likeness (QED) is 0.167. The molecule has 3 saturated heterocycles. The van der Waals surface area contributed by atoms with Crippen molar-refractivity contribution in [3.05, 3.63) is 123 Å². The van der Waals surface area contributed by atoms with Crippen LogP contribution in [0.3, 0.4) is 0 Å². The molecule has 2 aromatic heterocycles. The minimum Gasteiger partial charge on any atom is -0.338 e. The number of H-pyrrole nitrogens is 1. The average molecular weight is 890 g/mol. The average Bonchev–Trinajstić information content (AvgIpc) is 3.33. The summed E-state index contributed by atoms with van der Waals surface area (Å²) in [6.45, 7) is 9.08. The number of piperidine rings is 1. The van der Waals surface area contributed by atoms with Crippen LogP contribution in [0.25, 0.3) is 21.9 Å². The Hall–Kier alpha value is -6.03. The summed E-state index contributed by atoms with van der Waals surface area (Å²) in [5.41, 5.74) is 4.50. The number of likely N-dealkylation sites (tertiary alicyclic amines) is 1. The van der Waals surface area contributed by atoms with Gasteiger partial charge in [0, 0.05) is 95.6 Å². The van der Waals surface area contributed by atoms with Crippen molar-refractivity contribution in [2.24, 2.45) is 5.92 Å². The second kappa shape index (κ2) is 20.2. The van der Waals surface area contributed by atoms with Crippen molar-refractivity contribution >= 4 is 51.7 Å². The van der Waals surface area contributed by atoms with E-state index < -0.39 is 17.6 Å². The van der Waals surface area contributed by atoms with E-state index in [1.165, 1.54) is 11.6 Å². The predicted octanol–water partition coefficient (Wildman–Crippen LogP) is 4.91. The van der Waals surface area contributed by atoms with Gasteiger partial charge >= 0.3 is 0 Å². The summed E-state index contributed by atoms with van der Waals surface area (Å²) in [5.74, 6) is -1.43. The first-order valence-corrected chi connectivity index (χ1v) is 22.6. The van der Waals surface area contributed by atoms with Crippen molar-refractivity contribution in [3.63, 3.8) is 0 Å². The molecule has 14 nitrogen and oxygen atoms in total. The van der Waals surface area contributed by atoms with E-state index in [1.807, 2.05) is 29.2 Å². The van der Waals surface area contributed by atoms with Crippen LogP contribution in [-0.4, -0.2) is 148 Å². The van der Waals surface area contributed by atoms with Gasteiger partial charge < -0.3 is 24.9 Å². The molecule has 334 valence electrons. The topological polar surface area (TPSA) is 155 Å². The Morgan fingerprint density at radius 2 is 1.47 bits per heavy atom. The van der Waals surface area contributed by atoms with Gasteiger partial charge in [-0.05, 0) is 66.1 Å². The summed E-state index contributed by atoms with van der Waals surface area (Å²) in [6.07, 6.45) is 4.59. The van der Waals surface area contributed by atoms with Crippen molar-refractivity contribution in [1.29, 1.82) is 0 Å². The number of anilines is 1. The highest BCUT2D eigenvalue weighted by Crippen LogP contribution is 2.28. The summed E-state index contributed by atoms with van der Waals surface area (Å²) >= 11 is 5.82. The lowest BCUT2D eigenvalue weighted by atomic mass is 9.95. The number of carbonyl (C=O) groups excluding carboxylic acids is 4. The molecular formula is C48H53ClFN9O5. The van der Waals surface area contributed by atoms with Gasteiger partial charge in [0.1, 0.15) is 11.7 Å². The van der Waals surface area contributed by atoms with Crippen LogP contribution < -0.4 is 10.9 Å². The van der Waals surface area contributed by atoms with Crippen LogP contribution in [0.2, 0.25) is 0 Å². The molecular weight excluding hydrogens is 837 g/mol. The number of aryl methyl sites for hydroxylation is 1. The molecule has 3 aliphatic heterocycles. The number of carbonyl (C=O) groups is 4. The molecule has 0 atom stereocenters. The Labute approximate surface area is 376 Å². The third kappa shape index (κ3) is 10.3. The summed E-state index contributed by atoms with van der Waals surface area (Å²) in [6, 6.07) is 21.5. The number of aromatic nitrogens is 3. The summed E-state index contributed by atoms with van der Waals surface area (Å²) in [5, 5.41) is 10.8. The molecule has 0 radical (unpaired) electrons. The highest BCUT2D eigenvalue weighted by molar-refractivity contribution is 6.29. The van der Waals surface area contributed by atoms with E-state index in [4.69, 9.17) is 11.6 Å². The standard InChI is InChI=1S/C48H53ClFN9O5/c1-2-32-6-5-7-35(24-32)36-27-42(52-43(60)28-49)45(51-29-36)48(64)58-14-12-33(13-15-58)30-55-16-18-56(19-17-55)31-44(61)57-20-22-59(23-21-57)47(63)39-25-34(10-11-40(39)50)26-41-37-8-3-4-9-38(37)46(62)54-53-41/h3-11,24-25,27,29,33H,2,12-23,26,28,30-31H2,1H3,(H,52,60)(H,54,62). The first-order chi connectivity index (χ1) is 31.1. The van der Waals surface area contributed by atoms with Gasteiger partial charge in [0.15, 0.2) is 5.69 Å². The summed E-state index contributed by atoms with van der Waals surface area (Å²) in [4.78, 5) is 79.7. The molecule has 16 heteroatoms. The SMILES string of the molecule is CCc1cccc(-c2cnc(C(=O)N3CCC(CN4CCN(CC(=O)N5CCN(C(=O)c6cc(Cc7n[nH]c(=O)c8ccccc78)ccc6F)CC5)CC4)CC3)c(NC(=O)CCl)c2)c1. The second-order valence-electron chi connectivity index (χ2n) is 16.9. The van der Waals surface area contributed by atoms with Crippen molar-refractivity contribution in [3.8, 4) is 11.1 Å². The fourth-order valence-corrected chi connectivity index (χ4v) is 9.04. The van der Waals surface area contributed by atoms with Crippen LogP contribution in [-0.2, 0) is 22.4 Å². The van der Waals surface area contributed by atoms with E-state index in [-0.39, 0.29) is 34.5 Å². The third-order valence-corrected chi connectivity index (χ3v) is 13.0. The normalized spacial score (nSPS) is 16.6. The minimum atomic E-state index is -0.611. The van der Waals surface area contributed by atoms with Crippen LogP contribution in [0.1, 0.15) is 57.4 Å². The van der Waals surface area contributed by atoms with Crippen molar-refractivity contribution in [2.75, 3.05) is 89.7 Å². The number of nitrogens with zero attached hydrogens (tertiary/aromatic N) is 7. The number of fused-ring (bicyclic) bond motifs is 1. The zero-order valence-corrected chi connectivity index (χ0v) is 36.8. The maximum atomic E-state index is 15.1. The summed E-state index contributed by atoms with van der Waals surface area (Å²) < 4.78 is 15.1. The van der Waals surface area contributed by atoms with Crippen LogP contribution in [0.5, 0.6) is 0 Å². The number of rotatable bonds is 12. The number of aromatic amines is 1. The minimum absolute atomic E-state index is 0.0200. The van der Waals surface area contributed by atoms with Crippen molar-refractivity contribution in [2.45, 2.75) is 32.6 Å². The zero-order chi connectivity index (χ0) is 44.7. The van der Waals surface area contributed by atoms with Gasteiger partial charge in [-0.15, -0.1) is 11.6 Å². The second-order valence-corrected chi connectivity index (χ2v) is 17.1. The highest BCUT2D eigenvalue weighted by atomic mass is 35.5. The van der Waals surface area contributed by atoms with Crippen LogP contribution in [0.15, 0.2) is 83.8 Å². The number of halogens is 2. The molecule has 4 amide bonds. The largest absolute Gasteiger partial charge is 0.338 e. The molecule has 0 spiro atoms. The van der Waals surface area contributed by atoms with Gasteiger partial charge in [0.2, 0.25) is 11.8 Å². The van der Waals surface area contributed by atoms with Gasteiger partial charge in [-0.25, -0.2) is 14.5 Å². The number of nitrogens with one attached hydrogen (secondary N) is 2. The molecule has 0 saturated carbocycles. The van der Waals surface area contributed by atoms with Crippen molar-refractivity contribution in [1.82, 2.24) is 39.7 Å². The van der Waals surface area contributed by atoms with E-state index in [0.29, 0.717) is 85.9 Å². The highest BCUT2D eigenvalue weighted by Gasteiger charge is 2.31. The maximum absolute atomic E-state index is 15.1. The number of amides is 4. The molecule has 0 aliphatic carbocycles. The Morgan fingerprint density at radius 1 is 0.766 bits per heavy atom. The fourth-order valence-electron chi connectivity index (χ4n) is 8.97. The molecule has 0 bridgehead atoms. The van der Waals surface area contributed by atoms with E-state index in [9.17, 15) is 24.0 Å². The Kier molecular flexibility index (Phi) is 14.1. The van der Waals surface area contributed by atoms with Crippen LogP contribution >= 0.6 is 11.6 Å². The molecule has 0 unspecified atom stereocenters. The number of pyridine rings is 1. The number of hydrogen-bond donors (Lipinski definition) is 2. The van der Waals surface area contributed by atoms with Crippen LogP contribution in [0.4, 0.5) is 10.1 Å². The summed E-state index contributed by atoms with van der Waals surface area (Å²) in [7, 11) is 0. The van der Waals surface area contributed by atoms with Crippen LogP contribution in [0, 0.1) is 11.7 Å². The van der Waals surface area contributed by atoms with Gasteiger partial charge in [-0.1, -0.05) is 55.5 Å². The van der Waals surface area contributed by atoms with E-state index in [1.54, 1.807) is 46.3 Å². The first-order valence-electron chi connectivity index (χ1n) is 22.1. The Bertz CT molecular complexity index is 2580. The van der Waals surface area contributed by atoms with Gasteiger partial charge in [0.05, 0.1) is 28.9 Å². The molecule has 3 aliphatic rings. The number of benzene rings is 3. The monoisotopic (exact) mass is 889 g/mol. The Balaban J connectivity index is 0.774. The smallest absolute Gasteiger partial charge is 0.274 e.